The molecule has 0 aliphatic rings. The van der Waals surface area contributed by atoms with Gasteiger partial charge in [-0.1, -0.05) is 23.3 Å². The number of sulfone groups is 1. The normalized spacial score (nSPS) is 12.6. The predicted octanol–water partition coefficient (Wildman–Crippen LogP) is -15.0. The van der Waals surface area contributed by atoms with E-state index in [9.17, 15) is 89.1 Å². The Kier molecular flexibility index (Phi) is 27.1. The third-order valence-corrected chi connectivity index (χ3v) is 13.5. The molecule has 0 saturated carbocycles. The quantitative estimate of drug-likeness (QED) is 0.0343. The van der Waals surface area contributed by atoms with E-state index in [1.54, 1.807) is 0 Å². The van der Waals surface area contributed by atoms with Gasteiger partial charge >= 0.3 is 175 Å². The maximum Gasteiger partial charge on any atom is 2.00 e. The summed E-state index contributed by atoms with van der Waals surface area (Å²) < 4.78 is 202. The third-order valence-electron chi connectivity index (χ3n) is 7.96. The Bertz CT molecular complexity index is 3610. The second-order valence-corrected chi connectivity index (χ2v) is 20.9. The molecule has 0 spiro atoms. The molecule has 1 radical (unpaired) electrons. The SMILES string of the molecule is CC([O-])=Nc1cc(S(=O)(=O)[O-])cc2cc(S(=O)(=O)[O-])c(N=Nc3ccc4c([O-])c(N=Nc5cc(S(=O)(=O)CCOS(=O)(=O)O)cc(S(=O)(=O)O)c5[O-])c(S(=O)(=O)[O-])cc4c3)c([O-])c12.[Cu+2].[Na+].[Na+].[Na+].[Na+].[Na+]. The Labute approximate surface area is 512 Å². The molecule has 0 aliphatic carbocycles. The number of azo groups is 2. The molecular weight excluding hydrogens is 1150 g/mol. The van der Waals surface area contributed by atoms with Gasteiger partial charge in [0.1, 0.15) is 30.4 Å². The first kappa shape index (κ1) is 70.7. The standard InChI is InChI=1S/C30H25N5O22S6.Cu.5Na/c1-13(36)31-20-11-18(59(42,43)44)7-15-9-23(61(48,49)50)27(30(39)25(15)20)34-32-16-2-3-19-14(6-16)8-22(60(45,46)47)26(28(19)37)35-33-21-10-17(12-24(29(21)38)62(51,52)53)58(40,41)5-4-57-63(54,55)56;;;;;;/h2-3,6-12,37-39H,4-5H2,1H3,(H,31,36)(H,42,43,44)(H,45,46,47)(H,48,49,50)(H,51,52,53)(H,54,55,56);;;;;;/q;+2;5*+1/p-7. The van der Waals surface area contributed by atoms with Crippen LogP contribution >= 0.6 is 0 Å². The molecule has 0 amide bonds. The Hall–Kier alpha value is -0.331. The number of hydrogen-bond acceptors (Lipinski definition) is 25. The smallest absolute Gasteiger partial charge is 0.871 e. The van der Waals surface area contributed by atoms with Gasteiger partial charge < -0.3 is 34.1 Å². The minimum absolute atomic E-state index is 0. The van der Waals surface area contributed by atoms with E-state index >= 15 is 0 Å². The first-order valence-corrected chi connectivity index (χ1v) is 24.6. The summed E-state index contributed by atoms with van der Waals surface area (Å²) >= 11 is 0. The fraction of sp³-hybridized carbons (Fsp3) is 0.100. The second-order valence-electron chi connectivity index (χ2n) is 12.3. The van der Waals surface area contributed by atoms with Crippen LogP contribution in [0, 0.1) is 0 Å². The third kappa shape index (κ3) is 17.6. The van der Waals surface area contributed by atoms with Gasteiger partial charge in [0.2, 0.25) is 0 Å². The molecule has 5 aromatic rings. The minimum atomic E-state index is -5.77. The van der Waals surface area contributed by atoms with Gasteiger partial charge in [-0.2, -0.15) is 27.1 Å². The molecule has 0 aliphatic heterocycles. The number of aliphatic imine (C=N–C) groups is 1. The van der Waals surface area contributed by atoms with Crippen LogP contribution in [0.4, 0.5) is 28.4 Å². The summed E-state index contributed by atoms with van der Waals surface area (Å²) in [7, 11) is -32.4. The summed E-state index contributed by atoms with van der Waals surface area (Å²) in [4.78, 5) is -3.31. The molecule has 0 heterocycles. The van der Waals surface area contributed by atoms with Crippen molar-refractivity contribution in [2.45, 2.75) is 31.4 Å². The van der Waals surface area contributed by atoms with Gasteiger partial charge in [-0.05, 0) is 77.5 Å². The molecule has 0 saturated heterocycles. The van der Waals surface area contributed by atoms with Crippen molar-refractivity contribution in [1.29, 1.82) is 0 Å². The fourth-order valence-corrected chi connectivity index (χ4v) is 9.40. The molecule has 27 nitrogen and oxygen atoms in total. The van der Waals surface area contributed by atoms with Crippen LogP contribution in [-0.4, -0.2) is 91.5 Å². The predicted molar refractivity (Wildman–Crippen MR) is 197 cm³/mol. The zero-order valence-electron chi connectivity index (χ0n) is 35.7. The summed E-state index contributed by atoms with van der Waals surface area (Å²) in [5, 5.41) is 63.1. The Morgan fingerprint density at radius 1 is 0.580 bits per heavy atom. The number of benzene rings is 5. The number of rotatable bonds is 14. The van der Waals surface area contributed by atoms with Crippen molar-refractivity contribution in [2.24, 2.45) is 25.4 Å². The van der Waals surface area contributed by atoms with E-state index in [2.05, 4.69) is 29.6 Å². The number of hydrogen-bond donors (Lipinski definition) is 2. The Morgan fingerprint density at radius 3 is 1.58 bits per heavy atom. The van der Waals surface area contributed by atoms with Crippen molar-refractivity contribution < 1.29 is 263 Å². The van der Waals surface area contributed by atoms with E-state index in [4.69, 9.17) is 4.55 Å². The van der Waals surface area contributed by atoms with Crippen molar-refractivity contribution in [3.63, 3.8) is 0 Å². The molecule has 347 valence electrons. The van der Waals surface area contributed by atoms with Gasteiger partial charge in [-0.25, -0.2) is 37.9 Å². The number of nitrogens with zero attached hydrogens (tertiary/aromatic N) is 5. The summed E-state index contributed by atoms with van der Waals surface area (Å²) in [6, 6.07) is 5.01. The molecular formula is C30H18CuN5Na5O22S6. The molecule has 0 atom stereocenters. The molecule has 5 aromatic carbocycles. The summed E-state index contributed by atoms with van der Waals surface area (Å²) in [6.45, 7) is -0.387. The molecule has 5 rings (SSSR count). The average Bonchev–Trinajstić information content (AvgIpc) is 3.11. The van der Waals surface area contributed by atoms with E-state index in [0.29, 0.717) is 30.3 Å². The van der Waals surface area contributed by atoms with Crippen molar-refractivity contribution in [3.8, 4) is 17.2 Å². The van der Waals surface area contributed by atoms with Crippen LogP contribution in [0.3, 0.4) is 0 Å². The second kappa shape index (κ2) is 26.4. The molecule has 39 heteroatoms. The van der Waals surface area contributed by atoms with Crippen LogP contribution in [0.1, 0.15) is 6.92 Å². The van der Waals surface area contributed by atoms with Gasteiger partial charge in [-0.3, -0.25) is 14.1 Å². The van der Waals surface area contributed by atoms with Crippen molar-refractivity contribution >= 4 is 117 Å². The van der Waals surface area contributed by atoms with Gasteiger partial charge in [0, 0.05) is 5.39 Å². The fourth-order valence-electron chi connectivity index (χ4n) is 5.37. The largest absolute Gasteiger partial charge is 2.00 e. The van der Waals surface area contributed by atoms with Gasteiger partial charge in [0.25, 0.3) is 10.1 Å². The van der Waals surface area contributed by atoms with Crippen LogP contribution in [-0.2, 0) is 82.0 Å². The molecule has 0 fully saturated rings. The molecule has 69 heavy (non-hydrogen) atoms. The summed E-state index contributed by atoms with van der Waals surface area (Å²) in [5.41, 5.74) is -5.11. The monoisotopic (exact) mass is 1170 g/mol. The van der Waals surface area contributed by atoms with Crippen LogP contribution in [0.15, 0.2) is 105 Å². The molecule has 0 aromatic heterocycles. The zero-order valence-corrected chi connectivity index (χ0v) is 51.5. The Morgan fingerprint density at radius 2 is 1.09 bits per heavy atom. The molecule has 2 N–H and O–H groups in total. The van der Waals surface area contributed by atoms with E-state index in [1.807, 2.05) is 0 Å². The molecule has 0 bridgehead atoms. The minimum Gasteiger partial charge on any atom is -0.871 e. The Balaban J connectivity index is 0. The van der Waals surface area contributed by atoms with Crippen molar-refractivity contribution in [1.82, 2.24) is 0 Å². The van der Waals surface area contributed by atoms with E-state index in [1.165, 1.54) is 0 Å². The zero-order chi connectivity index (χ0) is 47.4. The molecule has 0 unspecified atom stereocenters. The van der Waals surface area contributed by atoms with E-state index < -0.39 is 171 Å². The van der Waals surface area contributed by atoms with E-state index in [-0.39, 0.29) is 171 Å². The van der Waals surface area contributed by atoms with Crippen molar-refractivity contribution in [2.75, 3.05) is 12.4 Å². The van der Waals surface area contributed by atoms with Crippen LogP contribution in [0.5, 0.6) is 17.2 Å². The van der Waals surface area contributed by atoms with Crippen LogP contribution < -0.4 is 168 Å². The summed E-state index contributed by atoms with van der Waals surface area (Å²) in [6.07, 6.45) is 0. The van der Waals surface area contributed by atoms with Crippen LogP contribution in [0.2, 0.25) is 0 Å². The summed E-state index contributed by atoms with van der Waals surface area (Å²) in [5.74, 6) is -7.05. The first-order chi connectivity index (χ1) is 28.7. The van der Waals surface area contributed by atoms with Crippen LogP contribution in [0.25, 0.3) is 21.5 Å². The average molecular weight is 1170 g/mol. The maximum absolute atomic E-state index is 13.6. The van der Waals surface area contributed by atoms with Gasteiger partial charge in [0.05, 0.1) is 65.3 Å². The van der Waals surface area contributed by atoms with E-state index in [0.717, 1.165) is 25.1 Å². The first-order valence-electron chi connectivity index (χ1n) is 15.9. The number of fused-ring (bicyclic) bond motifs is 2. The van der Waals surface area contributed by atoms with Gasteiger partial charge in [-0.15, -0.1) is 10.2 Å². The van der Waals surface area contributed by atoms with Crippen molar-refractivity contribution in [3.05, 3.63) is 54.6 Å². The topological polar surface area (TPSA) is 478 Å². The van der Waals surface area contributed by atoms with Gasteiger partial charge in [0.15, 0.2) is 9.84 Å². The maximum atomic E-state index is 13.6.